The summed E-state index contributed by atoms with van der Waals surface area (Å²) in [7, 11) is 0. The third-order valence-electron chi connectivity index (χ3n) is 8.13. The first-order chi connectivity index (χ1) is 12.4. The molecule has 0 unspecified atom stereocenters. The lowest BCUT2D eigenvalue weighted by Gasteiger charge is -2.65. The van der Waals surface area contributed by atoms with E-state index in [4.69, 9.17) is 0 Å². The number of amides is 1. The fraction of sp³-hybridized carbons (Fsp3) is 0.696. The van der Waals surface area contributed by atoms with E-state index in [0.29, 0.717) is 11.9 Å². The van der Waals surface area contributed by atoms with Gasteiger partial charge in [-0.15, -0.1) is 0 Å². The van der Waals surface area contributed by atoms with Crippen LogP contribution in [0.25, 0.3) is 0 Å². The van der Waals surface area contributed by atoms with Gasteiger partial charge in [-0.2, -0.15) is 5.01 Å². The van der Waals surface area contributed by atoms with Crippen molar-refractivity contribution >= 4 is 5.91 Å². The second kappa shape index (κ2) is 5.58. The van der Waals surface area contributed by atoms with E-state index >= 15 is 0 Å². The molecule has 6 rings (SSSR count). The highest BCUT2D eigenvalue weighted by molar-refractivity contribution is 5.90. The second-order valence-corrected chi connectivity index (χ2v) is 10.0. The van der Waals surface area contributed by atoms with Gasteiger partial charge in [-0.05, 0) is 100 Å². The molecule has 1 aromatic carbocycles. The maximum absolute atomic E-state index is 13.1. The van der Waals surface area contributed by atoms with Crippen LogP contribution in [0.1, 0.15) is 62.6 Å². The number of carbonyl (C=O) groups excluding carboxylic acids is 1. The molecule has 4 aliphatic carbocycles. The van der Waals surface area contributed by atoms with Crippen LogP contribution in [0.3, 0.4) is 0 Å². The molecule has 1 saturated heterocycles. The quantitative estimate of drug-likeness (QED) is 0.801. The van der Waals surface area contributed by atoms with Crippen LogP contribution in [-0.4, -0.2) is 27.5 Å². The molecule has 5 fully saturated rings. The van der Waals surface area contributed by atoms with Crippen LogP contribution in [0.4, 0.5) is 0 Å². The Kier molecular flexibility index (Phi) is 3.60. The van der Waals surface area contributed by atoms with E-state index in [0.717, 1.165) is 30.2 Å². The van der Waals surface area contributed by atoms with Crippen molar-refractivity contribution in [3.8, 4) is 0 Å². The summed E-state index contributed by atoms with van der Waals surface area (Å²) in [6, 6.07) is 7.03. The molecule has 26 heavy (non-hydrogen) atoms. The number of carbonyl (C=O) groups is 1. The average molecular weight is 353 g/mol. The molecule has 0 spiro atoms. The molecule has 4 saturated carbocycles. The van der Waals surface area contributed by atoms with E-state index in [2.05, 4.69) is 55.9 Å². The zero-order chi connectivity index (χ0) is 18.2. The van der Waals surface area contributed by atoms with Gasteiger partial charge in [-0.1, -0.05) is 18.2 Å². The number of nitrogens with zero attached hydrogens (tertiary/aromatic N) is 2. The van der Waals surface area contributed by atoms with Crippen LogP contribution in [0, 0.1) is 37.5 Å². The minimum absolute atomic E-state index is 0.347. The Morgan fingerprint density at radius 1 is 1.00 bits per heavy atom. The summed E-state index contributed by atoms with van der Waals surface area (Å²) in [5, 5.41) is 4.61. The molecule has 3 heteroatoms. The molecule has 0 atom stereocenters. The van der Waals surface area contributed by atoms with Crippen molar-refractivity contribution in [1.29, 1.82) is 0 Å². The highest BCUT2D eigenvalue weighted by Crippen LogP contribution is 2.57. The second-order valence-electron chi connectivity index (χ2n) is 10.0. The molecular weight excluding hydrogens is 320 g/mol. The van der Waals surface area contributed by atoms with Crippen molar-refractivity contribution < 1.29 is 4.79 Å². The number of benzene rings is 1. The van der Waals surface area contributed by atoms with Crippen molar-refractivity contribution in [2.45, 2.75) is 77.9 Å². The monoisotopic (exact) mass is 352 g/mol. The summed E-state index contributed by atoms with van der Waals surface area (Å²) in [6.07, 6.45) is 6.90. The molecule has 1 aromatic rings. The Balaban J connectivity index is 1.44. The Bertz CT molecular complexity index is 725. The molecule has 4 bridgehead atoms. The van der Waals surface area contributed by atoms with Crippen molar-refractivity contribution in [3.63, 3.8) is 0 Å². The van der Waals surface area contributed by atoms with Gasteiger partial charge in [0.2, 0.25) is 0 Å². The summed E-state index contributed by atoms with van der Waals surface area (Å²) in [6.45, 7) is 9.46. The molecule has 1 amide bonds. The van der Waals surface area contributed by atoms with Gasteiger partial charge in [0.1, 0.15) is 5.54 Å². The lowest BCUT2D eigenvalue weighted by Crippen LogP contribution is -2.79. The van der Waals surface area contributed by atoms with Gasteiger partial charge in [-0.25, -0.2) is 0 Å². The zero-order valence-electron chi connectivity index (χ0n) is 16.7. The van der Waals surface area contributed by atoms with Crippen LogP contribution in [0.15, 0.2) is 18.2 Å². The van der Waals surface area contributed by atoms with Gasteiger partial charge in [0.05, 0.1) is 6.04 Å². The van der Waals surface area contributed by atoms with Gasteiger partial charge in [-0.3, -0.25) is 9.80 Å². The topological polar surface area (TPSA) is 23.6 Å². The highest BCUT2D eigenvalue weighted by Gasteiger charge is 2.60. The van der Waals surface area contributed by atoms with Crippen molar-refractivity contribution in [2.75, 3.05) is 0 Å². The van der Waals surface area contributed by atoms with Crippen LogP contribution < -0.4 is 0 Å². The first-order valence-electron chi connectivity index (χ1n) is 10.5. The predicted molar refractivity (Wildman–Crippen MR) is 103 cm³/mol. The van der Waals surface area contributed by atoms with Gasteiger partial charge in [0.15, 0.2) is 0 Å². The Labute approximate surface area is 157 Å². The van der Waals surface area contributed by atoms with Crippen LogP contribution in [0.2, 0.25) is 0 Å². The first kappa shape index (κ1) is 16.8. The summed E-state index contributed by atoms with van der Waals surface area (Å²) in [5.74, 6) is 3.73. The predicted octanol–water partition coefficient (Wildman–Crippen LogP) is 4.47. The third-order valence-corrected chi connectivity index (χ3v) is 8.13. The summed E-state index contributed by atoms with van der Waals surface area (Å²) >= 11 is 0. The molecule has 1 heterocycles. The van der Waals surface area contributed by atoms with E-state index in [1.54, 1.807) is 0 Å². The third kappa shape index (κ3) is 2.25. The largest absolute Gasteiger partial charge is 0.271 e. The number of hydrazine groups is 1. The van der Waals surface area contributed by atoms with Gasteiger partial charge in [0, 0.05) is 6.54 Å². The molecule has 140 valence electrons. The van der Waals surface area contributed by atoms with Crippen LogP contribution in [-0.2, 0) is 11.3 Å². The lowest BCUT2D eigenvalue weighted by molar-refractivity contribution is -0.251. The molecule has 3 nitrogen and oxygen atoms in total. The van der Waals surface area contributed by atoms with Gasteiger partial charge < -0.3 is 0 Å². The van der Waals surface area contributed by atoms with E-state index in [-0.39, 0.29) is 5.54 Å². The van der Waals surface area contributed by atoms with Gasteiger partial charge >= 0.3 is 0 Å². The van der Waals surface area contributed by atoms with Crippen LogP contribution >= 0.6 is 0 Å². The van der Waals surface area contributed by atoms with E-state index in [9.17, 15) is 4.79 Å². The number of hydrogen-bond acceptors (Lipinski definition) is 2. The summed E-state index contributed by atoms with van der Waals surface area (Å²) in [4.78, 5) is 13.1. The van der Waals surface area contributed by atoms with E-state index in [1.165, 1.54) is 48.8 Å². The number of rotatable bonds is 3. The average Bonchev–Trinajstić information content (AvgIpc) is 2.59. The molecule has 5 aliphatic rings. The van der Waals surface area contributed by atoms with E-state index < -0.39 is 0 Å². The Hall–Kier alpha value is -1.35. The van der Waals surface area contributed by atoms with E-state index in [1.807, 2.05) is 0 Å². The normalized spacial score (nSPS) is 37.9. The molecule has 1 aliphatic heterocycles. The molecule has 0 radical (unpaired) electrons. The number of aryl methyl sites for hydroxylation is 1. The fourth-order valence-electron chi connectivity index (χ4n) is 6.74. The van der Waals surface area contributed by atoms with Crippen LogP contribution in [0.5, 0.6) is 0 Å². The highest BCUT2D eigenvalue weighted by atomic mass is 16.2. The minimum atomic E-state index is -0.370. The molecule has 0 N–H and O–H groups in total. The summed E-state index contributed by atoms with van der Waals surface area (Å²) in [5.41, 5.74) is 3.70. The van der Waals surface area contributed by atoms with Crippen molar-refractivity contribution in [2.24, 2.45) is 23.7 Å². The SMILES string of the molecule is Cc1cccc(CN2N(C3C4CC5CC(C4)CC3C5)C(=O)C2(C)C)c1C. The summed E-state index contributed by atoms with van der Waals surface area (Å²) < 4.78 is 0. The Morgan fingerprint density at radius 2 is 1.62 bits per heavy atom. The lowest BCUT2D eigenvalue weighted by atomic mass is 9.53. The first-order valence-corrected chi connectivity index (χ1v) is 10.5. The minimum Gasteiger partial charge on any atom is -0.271 e. The molecular formula is C23H32N2O. The smallest absolute Gasteiger partial charge is 0.258 e. The van der Waals surface area contributed by atoms with Gasteiger partial charge in [0.25, 0.3) is 5.91 Å². The maximum Gasteiger partial charge on any atom is 0.258 e. The fourth-order valence-corrected chi connectivity index (χ4v) is 6.74. The Morgan fingerprint density at radius 3 is 2.23 bits per heavy atom. The molecule has 0 aromatic heterocycles. The standard InChI is InChI=1S/C23H32N2O/c1-14-6-5-7-18(15(14)2)13-24-23(3,4)22(26)25(24)21-19-9-16-8-17(11-19)12-20(21)10-16/h5-7,16-17,19-21H,8-13H2,1-4H3. The van der Waals surface area contributed by atoms with Crippen molar-refractivity contribution in [3.05, 3.63) is 34.9 Å². The maximum atomic E-state index is 13.1. The zero-order valence-corrected chi connectivity index (χ0v) is 16.7. The van der Waals surface area contributed by atoms with Crippen molar-refractivity contribution in [1.82, 2.24) is 10.0 Å². The number of hydrogen-bond donors (Lipinski definition) is 0.